The van der Waals surface area contributed by atoms with Gasteiger partial charge in [0.05, 0.1) is 44.0 Å². The van der Waals surface area contributed by atoms with Crippen molar-refractivity contribution >= 4 is 61.2 Å². The van der Waals surface area contributed by atoms with E-state index in [4.69, 9.17) is 14.2 Å². The second-order valence-corrected chi connectivity index (χ2v) is 11.3. The molecule has 1 aromatic heterocycles. The number of rotatable bonds is 8. The minimum atomic E-state index is -0.667. The molecule has 0 fully saturated rings. The van der Waals surface area contributed by atoms with Crippen LogP contribution in [0.4, 0.5) is 0 Å². The van der Waals surface area contributed by atoms with Crippen molar-refractivity contribution < 1.29 is 23.8 Å². The summed E-state index contributed by atoms with van der Waals surface area (Å²) in [5, 5.41) is 0. The molecule has 2 heterocycles. The fraction of sp³-hybridized carbons (Fsp3) is 0.286. The molecule has 0 saturated carbocycles. The molecule has 39 heavy (non-hydrogen) atoms. The smallest absolute Gasteiger partial charge is 0.344 e. The maximum atomic E-state index is 13.8. The molecule has 0 N–H and O–H groups in total. The molecule has 8 nitrogen and oxygen atoms in total. The number of aryl methyl sites for hydroxylation is 1. The molecule has 0 bridgehead atoms. The fourth-order valence-electron chi connectivity index (χ4n) is 4.14. The first-order valence-corrected chi connectivity index (χ1v) is 14.6. The Morgan fingerprint density at radius 2 is 1.69 bits per heavy atom. The first-order valence-electron chi connectivity index (χ1n) is 12.2. The largest absolute Gasteiger partial charge is 0.480 e. The van der Waals surface area contributed by atoms with E-state index in [1.807, 2.05) is 31.2 Å². The van der Waals surface area contributed by atoms with Crippen LogP contribution < -0.4 is 19.6 Å². The molecule has 0 aliphatic carbocycles. The fourth-order valence-corrected chi connectivity index (χ4v) is 6.64. The molecule has 0 amide bonds. The van der Waals surface area contributed by atoms with Crippen molar-refractivity contribution in [2.24, 2.45) is 4.99 Å². The van der Waals surface area contributed by atoms with Crippen LogP contribution in [0.3, 0.4) is 0 Å². The predicted molar refractivity (Wildman–Crippen MR) is 156 cm³/mol. The van der Waals surface area contributed by atoms with Gasteiger partial charge in [-0.1, -0.05) is 41.2 Å². The number of benzene rings is 2. The number of thiazole rings is 1. The second kappa shape index (κ2) is 12.4. The monoisotopic (exact) mass is 676 g/mol. The van der Waals surface area contributed by atoms with Crippen LogP contribution >= 0.6 is 43.2 Å². The van der Waals surface area contributed by atoms with Gasteiger partial charge in [0.15, 0.2) is 11.4 Å². The summed E-state index contributed by atoms with van der Waals surface area (Å²) in [5.41, 5.74) is 3.16. The van der Waals surface area contributed by atoms with Gasteiger partial charge in [-0.05, 0) is 88.9 Å². The first kappa shape index (κ1) is 29.0. The molecule has 0 spiro atoms. The highest BCUT2D eigenvalue weighted by molar-refractivity contribution is 9.11. The van der Waals surface area contributed by atoms with Crippen molar-refractivity contribution in [1.29, 1.82) is 0 Å². The van der Waals surface area contributed by atoms with E-state index in [1.165, 1.54) is 11.3 Å². The van der Waals surface area contributed by atoms with Crippen LogP contribution in [0.25, 0.3) is 6.08 Å². The number of esters is 2. The molecular weight excluding hydrogens is 652 g/mol. The standard InChI is InChI=1S/C28H26Br2N2O6S/c1-5-36-22(33)14-38-25-19(29)11-17(12-20(25)30)13-21-26(34)32-24(18-9-7-15(3)8-10-18)23(27(35)37-6-2)16(4)31-28(32)39-21/h7-13,24H,5-6,14H2,1-4H3/b21-13+/t24-/m1/s1. The third kappa shape index (κ3) is 6.26. The van der Waals surface area contributed by atoms with Crippen molar-refractivity contribution in [3.63, 3.8) is 0 Å². The lowest BCUT2D eigenvalue weighted by Gasteiger charge is -2.24. The van der Waals surface area contributed by atoms with Gasteiger partial charge in [-0.2, -0.15) is 0 Å². The van der Waals surface area contributed by atoms with Gasteiger partial charge in [-0.25, -0.2) is 14.6 Å². The summed E-state index contributed by atoms with van der Waals surface area (Å²) in [5.74, 6) is -0.525. The normalized spacial score (nSPS) is 15.0. The molecule has 1 aliphatic rings. The Morgan fingerprint density at radius 1 is 1.05 bits per heavy atom. The Bertz CT molecular complexity index is 1620. The van der Waals surface area contributed by atoms with Crippen LogP contribution in [-0.2, 0) is 19.1 Å². The van der Waals surface area contributed by atoms with Crippen LogP contribution in [0, 0.1) is 6.92 Å². The minimum absolute atomic E-state index is 0.212. The lowest BCUT2D eigenvalue weighted by atomic mass is 9.95. The highest BCUT2D eigenvalue weighted by Crippen LogP contribution is 2.35. The molecule has 4 rings (SSSR count). The molecule has 3 aromatic rings. The Hall–Kier alpha value is -3.02. The van der Waals surface area contributed by atoms with Crippen LogP contribution in [-0.4, -0.2) is 36.3 Å². The van der Waals surface area contributed by atoms with Crippen molar-refractivity contribution in [1.82, 2.24) is 4.57 Å². The number of hydrogen-bond donors (Lipinski definition) is 0. The molecule has 1 atom stereocenters. The summed E-state index contributed by atoms with van der Waals surface area (Å²) in [7, 11) is 0. The summed E-state index contributed by atoms with van der Waals surface area (Å²) in [6.07, 6.45) is 1.75. The number of carbonyl (C=O) groups excluding carboxylic acids is 2. The number of allylic oxidation sites excluding steroid dienone is 1. The molecule has 204 valence electrons. The Balaban J connectivity index is 1.80. The van der Waals surface area contributed by atoms with E-state index < -0.39 is 18.0 Å². The van der Waals surface area contributed by atoms with Gasteiger partial charge in [-0.3, -0.25) is 9.36 Å². The number of aromatic nitrogens is 1. The predicted octanol–water partition coefficient (Wildman–Crippen LogP) is 4.57. The minimum Gasteiger partial charge on any atom is -0.480 e. The number of ether oxygens (including phenoxy) is 3. The van der Waals surface area contributed by atoms with E-state index in [1.54, 1.807) is 43.5 Å². The van der Waals surface area contributed by atoms with Gasteiger partial charge >= 0.3 is 11.9 Å². The average molecular weight is 678 g/mol. The van der Waals surface area contributed by atoms with Crippen LogP contribution in [0.1, 0.15) is 43.5 Å². The maximum absolute atomic E-state index is 13.8. The van der Waals surface area contributed by atoms with Gasteiger partial charge in [0.2, 0.25) is 0 Å². The lowest BCUT2D eigenvalue weighted by molar-refractivity contribution is -0.145. The molecule has 0 saturated heterocycles. The van der Waals surface area contributed by atoms with Gasteiger partial charge in [0.25, 0.3) is 5.56 Å². The Kier molecular flexibility index (Phi) is 9.24. The Labute approximate surface area is 245 Å². The number of fused-ring (bicyclic) bond motifs is 1. The van der Waals surface area contributed by atoms with Gasteiger partial charge in [0, 0.05) is 0 Å². The molecule has 0 unspecified atom stereocenters. The SMILES string of the molecule is CCOC(=O)COc1c(Br)cc(/C=c2/sc3n(c2=O)[C@H](c2ccc(C)cc2)C(C(=O)OCC)=C(C)N=3)cc1Br. The van der Waals surface area contributed by atoms with E-state index in [0.29, 0.717) is 35.3 Å². The van der Waals surface area contributed by atoms with Crippen LogP contribution in [0.15, 0.2) is 66.4 Å². The summed E-state index contributed by atoms with van der Waals surface area (Å²) in [4.78, 5) is 43.6. The van der Waals surface area contributed by atoms with E-state index >= 15 is 0 Å². The third-order valence-electron chi connectivity index (χ3n) is 5.87. The van der Waals surface area contributed by atoms with E-state index in [0.717, 1.165) is 16.7 Å². The number of carbonyl (C=O) groups is 2. The van der Waals surface area contributed by atoms with Crippen LogP contribution in [0.5, 0.6) is 5.75 Å². The summed E-state index contributed by atoms with van der Waals surface area (Å²) < 4.78 is 19.1. The van der Waals surface area contributed by atoms with E-state index in [2.05, 4.69) is 36.9 Å². The third-order valence-corrected chi connectivity index (χ3v) is 8.03. The maximum Gasteiger partial charge on any atom is 0.344 e. The van der Waals surface area contributed by atoms with Crippen LogP contribution in [0.2, 0.25) is 0 Å². The van der Waals surface area contributed by atoms with Crippen molar-refractivity contribution in [2.45, 2.75) is 33.7 Å². The number of nitrogens with zero attached hydrogens (tertiary/aromatic N) is 2. The van der Waals surface area contributed by atoms with E-state index in [9.17, 15) is 14.4 Å². The highest BCUT2D eigenvalue weighted by atomic mass is 79.9. The Morgan fingerprint density at radius 3 is 2.31 bits per heavy atom. The van der Waals surface area contributed by atoms with Crippen molar-refractivity contribution in [2.75, 3.05) is 19.8 Å². The quantitative estimate of drug-likeness (QED) is 0.324. The zero-order valence-electron chi connectivity index (χ0n) is 21.7. The van der Waals surface area contributed by atoms with Gasteiger partial charge in [-0.15, -0.1) is 0 Å². The average Bonchev–Trinajstić information content (AvgIpc) is 3.17. The molecule has 2 aromatic carbocycles. The zero-order chi connectivity index (χ0) is 28.3. The number of halogens is 2. The molecule has 1 aliphatic heterocycles. The zero-order valence-corrected chi connectivity index (χ0v) is 25.7. The van der Waals surface area contributed by atoms with Crippen molar-refractivity contribution in [3.8, 4) is 5.75 Å². The summed E-state index contributed by atoms with van der Waals surface area (Å²) in [6.45, 7) is 7.46. The van der Waals surface area contributed by atoms with Crippen molar-refractivity contribution in [3.05, 3.63) is 93.0 Å². The number of hydrogen-bond acceptors (Lipinski definition) is 8. The van der Waals surface area contributed by atoms with Gasteiger partial charge in [0.1, 0.15) is 5.75 Å². The molecular formula is C28H26Br2N2O6S. The summed E-state index contributed by atoms with van der Waals surface area (Å²) in [6, 6.07) is 10.6. The lowest BCUT2D eigenvalue weighted by Crippen LogP contribution is -2.39. The summed E-state index contributed by atoms with van der Waals surface area (Å²) >= 11 is 8.21. The topological polar surface area (TPSA) is 96.2 Å². The first-order chi connectivity index (χ1) is 18.6. The van der Waals surface area contributed by atoms with E-state index in [-0.39, 0.29) is 25.4 Å². The van der Waals surface area contributed by atoms with Gasteiger partial charge < -0.3 is 14.2 Å². The molecule has 11 heteroatoms. The highest BCUT2D eigenvalue weighted by Gasteiger charge is 2.33. The molecule has 0 radical (unpaired) electrons. The second-order valence-electron chi connectivity index (χ2n) is 8.62.